The van der Waals surface area contributed by atoms with Crippen LogP contribution in [0, 0.1) is 5.92 Å². The molecule has 0 aliphatic rings. The maximum atomic E-state index is 12.9. The van der Waals surface area contributed by atoms with Crippen LogP contribution in [0.1, 0.15) is 24.0 Å². The summed E-state index contributed by atoms with van der Waals surface area (Å²) in [6.07, 6.45) is 0. The molecular weight excluding hydrogens is 354 g/mol. The van der Waals surface area contributed by atoms with Gasteiger partial charge in [0.1, 0.15) is 5.25 Å². The number of rotatable bonds is 6. The Morgan fingerprint density at radius 3 is 2.39 bits per heavy atom. The molecule has 1 aromatic heterocycles. The van der Waals surface area contributed by atoms with Crippen molar-refractivity contribution in [1.29, 1.82) is 0 Å². The molecule has 1 aromatic carbocycles. The number of carbonyl (C=O) groups excluding carboxylic acids is 1. The van der Waals surface area contributed by atoms with Crippen LogP contribution in [-0.2, 0) is 14.6 Å². The molecule has 1 atom stereocenters. The average molecular weight is 372 g/mol. The van der Waals surface area contributed by atoms with Crippen molar-refractivity contribution in [3.8, 4) is 0 Å². The summed E-state index contributed by atoms with van der Waals surface area (Å²) in [6.45, 7) is 3.58. The van der Waals surface area contributed by atoms with Gasteiger partial charge in [-0.15, -0.1) is 11.3 Å². The van der Waals surface area contributed by atoms with E-state index >= 15 is 0 Å². The zero-order chi connectivity index (χ0) is 17.0. The highest BCUT2D eigenvalue weighted by atomic mass is 35.5. The van der Waals surface area contributed by atoms with Gasteiger partial charge in [0.2, 0.25) is 5.91 Å². The first-order valence-electron chi connectivity index (χ1n) is 7.13. The molecule has 0 saturated heterocycles. The molecule has 2 rings (SSSR count). The Morgan fingerprint density at radius 1 is 1.22 bits per heavy atom. The van der Waals surface area contributed by atoms with Crippen LogP contribution in [0.25, 0.3) is 0 Å². The van der Waals surface area contributed by atoms with Crippen molar-refractivity contribution in [1.82, 2.24) is 5.32 Å². The fourth-order valence-corrected chi connectivity index (χ4v) is 4.93. The highest BCUT2D eigenvalue weighted by Crippen LogP contribution is 2.31. The van der Waals surface area contributed by atoms with Gasteiger partial charge in [-0.1, -0.05) is 31.5 Å². The van der Waals surface area contributed by atoms with Gasteiger partial charge in [-0.2, -0.15) is 0 Å². The van der Waals surface area contributed by atoms with E-state index in [1.165, 1.54) is 23.5 Å². The Kier molecular flexibility index (Phi) is 5.84. The number of sulfone groups is 1. The molecule has 0 unspecified atom stereocenters. The van der Waals surface area contributed by atoms with Gasteiger partial charge in [0.25, 0.3) is 0 Å². The molecule has 0 spiro atoms. The Labute approximate surface area is 145 Å². The first-order chi connectivity index (χ1) is 10.8. The van der Waals surface area contributed by atoms with Gasteiger partial charge in [0.15, 0.2) is 9.84 Å². The van der Waals surface area contributed by atoms with E-state index in [4.69, 9.17) is 11.6 Å². The molecule has 1 N–H and O–H groups in total. The van der Waals surface area contributed by atoms with Gasteiger partial charge in [-0.25, -0.2) is 8.42 Å². The number of carbonyl (C=O) groups is 1. The van der Waals surface area contributed by atoms with Crippen LogP contribution in [0.15, 0.2) is 46.7 Å². The van der Waals surface area contributed by atoms with Crippen molar-refractivity contribution in [3.05, 3.63) is 51.7 Å². The molecule has 2 aromatic rings. The van der Waals surface area contributed by atoms with E-state index in [9.17, 15) is 13.2 Å². The van der Waals surface area contributed by atoms with Crippen molar-refractivity contribution in [2.75, 3.05) is 6.54 Å². The van der Waals surface area contributed by atoms with Crippen molar-refractivity contribution < 1.29 is 13.2 Å². The first-order valence-corrected chi connectivity index (χ1v) is 9.93. The standard InChI is InChI=1S/C16H18ClNO3S2/c1-11(2)16(19)18-10-15(14-4-3-9-22-14)23(20,21)13-7-5-12(17)6-8-13/h3-9,11,15H,10H2,1-2H3,(H,18,19)/t15-/m1/s1. The summed E-state index contributed by atoms with van der Waals surface area (Å²) in [6, 6.07) is 9.64. The van der Waals surface area contributed by atoms with Gasteiger partial charge in [0, 0.05) is 22.4 Å². The summed E-state index contributed by atoms with van der Waals surface area (Å²) in [5, 5.41) is 4.21. The van der Waals surface area contributed by atoms with Gasteiger partial charge in [-0.3, -0.25) is 4.79 Å². The maximum Gasteiger partial charge on any atom is 0.222 e. The highest BCUT2D eigenvalue weighted by molar-refractivity contribution is 7.91. The van der Waals surface area contributed by atoms with E-state index in [2.05, 4.69) is 5.32 Å². The number of thiophene rings is 1. The normalized spacial score (nSPS) is 13.0. The van der Waals surface area contributed by atoms with E-state index in [1.807, 2.05) is 5.38 Å². The lowest BCUT2D eigenvalue weighted by Gasteiger charge is -2.18. The third kappa shape index (κ3) is 4.34. The Balaban J connectivity index is 2.33. The van der Waals surface area contributed by atoms with Gasteiger partial charge in [-0.05, 0) is 35.7 Å². The molecule has 0 fully saturated rings. The van der Waals surface area contributed by atoms with Crippen LogP contribution in [0.2, 0.25) is 5.02 Å². The molecule has 7 heteroatoms. The fourth-order valence-electron chi connectivity index (χ4n) is 2.02. The quantitative estimate of drug-likeness (QED) is 0.842. The lowest BCUT2D eigenvalue weighted by molar-refractivity contribution is -0.123. The minimum absolute atomic E-state index is 0.0441. The number of hydrogen-bond acceptors (Lipinski definition) is 4. The summed E-state index contributed by atoms with van der Waals surface area (Å²) >= 11 is 7.19. The number of halogens is 1. The summed E-state index contributed by atoms with van der Waals surface area (Å²) in [7, 11) is -3.63. The predicted octanol–water partition coefficient (Wildman–Crippen LogP) is 3.69. The largest absolute Gasteiger partial charge is 0.354 e. The molecule has 0 bridgehead atoms. The smallest absolute Gasteiger partial charge is 0.222 e. The predicted molar refractivity (Wildman–Crippen MR) is 93.5 cm³/mol. The summed E-state index contributed by atoms with van der Waals surface area (Å²) in [5.41, 5.74) is 0. The molecule has 23 heavy (non-hydrogen) atoms. The fraction of sp³-hybridized carbons (Fsp3) is 0.312. The van der Waals surface area contributed by atoms with E-state index in [1.54, 1.807) is 38.1 Å². The van der Waals surface area contributed by atoms with Crippen LogP contribution in [-0.4, -0.2) is 20.9 Å². The van der Waals surface area contributed by atoms with E-state index in [-0.39, 0.29) is 23.3 Å². The molecule has 4 nitrogen and oxygen atoms in total. The minimum atomic E-state index is -3.63. The summed E-state index contributed by atoms with van der Waals surface area (Å²) < 4.78 is 25.9. The lowest BCUT2D eigenvalue weighted by Crippen LogP contribution is -2.34. The molecule has 1 amide bonds. The first kappa shape index (κ1) is 18.0. The van der Waals surface area contributed by atoms with Crippen molar-refractivity contribution in [2.45, 2.75) is 24.0 Å². The number of hydrogen-bond donors (Lipinski definition) is 1. The monoisotopic (exact) mass is 371 g/mol. The topological polar surface area (TPSA) is 63.2 Å². The van der Waals surface area contributed by atoms with Gasteiger partial charge in [0.05, 0.1) is 4.90 Å². The van der Waals surface area contributed by atoms with Crippen LogP contribution in [0.4, 0.5) is 0 Å². The third-order valence-electron chi connectivity index (χ3n) is 3.36. The SMILES string of the molecule is CC(C)C(=O)NC[C@H](c1cccs1)S(=O)(=O)c1ccc(Cl)cc1. The number of amides is 1. The van der Waals surface area contributed by atoms with Crippen molar-refractivity contribution >= 4 is 38.7 Å². The van der Waals surface area contributed by atoms with Crippen molar-refractivity contribution in [3.63, 3.8) is 0 Å². The van der Waals surface area contributed by atoms with E-state index in [0.29, 0.717) is 9.90 Å². The van der Waals surface area contributed by atoms with Crippen LogP contribution >= 0.6 is 22.9 Å². The highest BCUT2D eigenvalue weighted by Gasteiger charge is 2.30. The number of benzene rings is 1. The Morgan fingerprint density at radius 2 is 1.87 bits per heavy atom. The van der Waals surface area contributed by atoms with Crippen molar-refractivity contribution in [2.24, 2.45) is 5.92 Å². The molecule has 1 heterocycles. The van der Waals surface area contributed by atoms with Gasteiger partial charge < -0.3 is 5.32 Å². The molecule has 0 aliphatic carbocycles. The van der Waals surface area contributed by atoms with Gasteiger partial charge >= 0.3 is 0 Å². The summed E-state index contributed by atoms with van der Waals surface area (Å²) in [4.78, 5) is 12.7. The second kappa shape index (κ2) is 7.47. The van der Waals surface area contributed by atoms with Crippen LogP contribution in [0.5, 0.6) is 0 Å². The van der Waals surface area contributed by atoms with Crippen LogP contribution in [0.3, 0.4) is 0 Å². The van der Waals surface area contributed by atoms with E-state index in [0.717, 1.165) is 0 Å². The third-order valence-corrected chi connectivity index (χ3v) is 6.85. The second-order valence-electron chi connectivity index (χ2n) is 5.40. The second-order valence-corrected chi connectivity index (χ2v) is 8.95. The maximum absolute atomic E-state index is 12.9. The zero-order valence-corrected chi connectivity index (χ0v) is 15.2. The van der Waals surface area contributed by atoms with Crippen LogP contribution < -0.4 is 5.32 Å². The molecule has 124 valence electrons. The lowest BCUT2D eigenvalue weighted by atomic mass is 10.2. The Hall–Kier alpha value is -1.37. The minimum Gasteiger partial charge on any atom is -0.354 e. The van der Waals surface area contributed by atoms with E-state index < -0.39 is 15.1 Å². The molecule has 0 saturated carbocycles. The zero-order valence-electron chi connectivity index (χ0n) is 12.8. The summed E-state index contributed by atoms with van der Waals surface area (Å²) in [5.74, 6) is -0.366. The molecule has 0 aliphatic heterocycles. The Bertz CT molecular complexity index is 753. The molecular formula is C16H18ClNO3S2. The molecule has 0 radical (unpaired) electrons. The number of nitrogens with one attached hydrogen (secondary N) is 1. The average Bonchev–Trinajstić information content (AvgIpc) is 3.01.